The minimum absolute atomic E-state index is 0.227. The molecule has 0 saturated carbocycles. The maximum Gasteiger partial charge on any atom is 0.253 e. The van der Waals surface area contributed by atoms with Crippen LogP contribution >= 0.6 is 0 Å². The maximum atomic E-state index is 13.7. The predicted molar refractivity (Wildman–Crippen MR) is 79.8 cm³/mol. The van der Waals surface area contributed by atoms with Crippen LogP contribution in [0.25, 0.3) is 11.0 Å². The summed E-state index contributed by atoms with van der Waals surface area (Å²) in [5.41, 5.74) is 2.53. The summed E-state index contributed by atoms with van der Waals surface area (Å²) >= 11 is 0. The van der Waals surface area contributed by atoms with Crippen molar-refractivity contribution in [2.45, 2.75) is 20.3 Å². The second-order valence-corrected chi connectivity index (χ2v) is 4.93. The Morgan fingerprint density at radius 2 is 1.90 bits per heavy atom. The van der Waals surface area contributed by atoms with Crippen molar-refractivity contribution in [1.29, 1.82) is 0 Å². The number of rotatable bonds is 5. The summed E-state index contributed by atoms with van der Waals surface area (Å²) in [6.07, 6.45) is 0.805. The summed E-state index contributed by atoms with van der Waals surface area (Å²) in [6.45, 7) is 4.96. The standard InChI is InChI=1S/C15H19FN4O/c1-9-10(2)20-14-12(7-11(16)8-13(14)19-9)15(21)18-6-4-5-17-3/h7-8,17H,4-6H2,1-3H3,(H,18,21). The van der Waals surface area contributed by atoms with Gasteiger partial charge in [-0.2, -0.15) is 0 Å². The van der Waals surface area contributed by atoms with Gasteiger partial charge < -0.3 is 10.6 Å². The van der Waals surface area contributed by atoms with E-state index in [1.807, 2.05) is 20.9 Å². The Morgan fingerprint density at radius 3 is 2.62 bits per heavy atom. The van der Waals surface area contributed by atoms with Gasteiger partial charge in [-0.05, 0) is 39.9 Å². The highest BCUT2D eigenvalue weighted by Gasteiger charge is 2.15. The van der Waals surface area contributed by atoms with Crippen molar-refractivity contribution < 1.29 is 9.18 Å². The van der Waals surface area contributed by atoms with Crippen molar-refractivity contribution in [3.05, 3.63) is 34.9 Å². The fourth-order valence-electron chi connectivity index (χ4n) is 2.03. The Kier molecular flexibility index (Phi) is 4.80. The van der Waals surface area contributed by atoms with Gasteiger partial charge in [-0.1, -0.05) is 0 Å². The van der Waals surface area contributed by atoms with Crippen LogP contribution in [0.15, 0.2) is 12.1 Å². The zero-order chi connectivity index (χ0) is 15.4. The van der Waals surface area contributed by atoms with Gasteiger partial charge in [0.2, 0.25) is 0 Å². The fraction of sp³-hybridized carbons (Fsp3) is 0.400. The molecule has 1 aromatic heterocycles. The third-order valence-electron chi connectivity index (χ3n) is 3.28. The minimum Gasteiger partial charge on any atom is -0.352 e. The Balaban J connectivity index is 2.34. The number of hydrogen-bond acceptors (Lipinski definition) is 4. The largest absolute Gasteiger partial charge is 0.352 e. The Morgan fingerprint density at radius 1 is 1.19 bits per heavy atom. The van der Waals surface area contributed by atoms with Crippen LogP contribution in [0.4, 0.5) is 4.39 Å². The second kappa shape index (κ2) is 6.58. The summed E-state index contributed by atoms with van der Waals surface area (Å²) < 4.78 is 13.7. The molecule has 6 heteroatoms. The van der Waals surface area contributed by atoms with E-state index in [1.54, 1.807) is 0 Å². The summed E-state index contributed by atoms with van der Waals surface area (Å²) in [7, 11) is 1.85. The quantitative estimate of drug-likeness (QED) is 0.823. The number of aromatic nitrogens is 2. The van der Waals surface area contributed by atoms with Crippen LogP contribution < -0.4 is 10.6 Å². The summed E-state index contributed by atoms with van der Waals surface area (Å²) in [5.74, 6) is -0.811. The highest BCUT2D eigenvalue weighted by atomic mass is 19.1. The molecule has 0 radical (unpaired) electrons. The van der Waals surface area contributed by atoms with Crippen LogP contribution in [-0.4, -0.2) is 36.0 Å². The van der Waals surface area contributed by atoms with E-state index in [9.17, 15) is 9.18 Å². The molecule has 2 N–H and O–H groups in total. The second-order valence-electron chi connectivity index (χ2n) is 4.93. The van der Waals surface area contributed by atoms with Crippen molar-refractivity contribution in [2.24, 2.45) is 0 Å². The monoisotopic (exact) mass is 290 g/mol. The number of aryl methyl sites for hydroxylation is 2. The van der Waals surface area contributed by atoms with Gasteiger partial charge in [0.25, 0.3) is 5.91 Å². The van der Waals surface area contributed by atoms with Gasteiger partial charge in [-0.3, -0.25) is 4.79 Å². The van der Waals surface area contributed by atoms with Crippen molar-refractivity contribution >= 4 is 16.9 Å². The van der Waals surface area contributed by atoms with E-state index < -0.39 is 5.82 Å². The number of halogens is 1. The lowest BCUT2D eigenvalue weighted by atomic mass is 10.1. The van der Waals surface area contributed by atoms with E-state index in [2.05, 4.69) is 20.6 Å². The topological polar surface area (TPSA) is 66.9 Å². The van der Waals surface area contributed by atoms with E-state index in [-0.39, 0.29) is 11.5 Å². The SMILES string of the molecule is CNCCCNC(=O)c1cc(F)cc2nc(C)c(C)nc12. The van der Waals surface area contributed by atoms with Crippen LogP contribution in [-0.2, 0) is 0 Å². The van der Waals surface area contributed by atoms with Crippen molar-refractivity contribution in [2.75, 3.05) is 20.1 Å². The molecule has 0 aliphatic carbocycles. The first-order valence-corrected chi connectivity index (χ1v) is 6.90. The van der Waals surface area contributed by atoms with E-state index in [0.29, 0.717) is 17.6 Å². The molecule has 0 bridgehead atoms. The molecule has 2 aromatic rings. The molecule has 0 aliphatic heterocycles. The molecule has 0 fully saturated rings. The predicted octanol–water partition coefficient (Wildman–Crippen LogP) is 1.73. The molecule has 0 unspecified atom stereocenters. The number of nitrogens with one attached hydrogen (secondary N) is 2. The number of carbonyl (C=O) groups excluding carboxylic acids is 1. The van der Waals surface area contributed by atoms with Gasteiger partial charge in [0.1, 0.15) is 11.3 Å². The third kappa shape index (κ3) is 3.52. The highest BCUT2D eigenvalue weighted by molar-refractivity contribution is 6.04. The zero-order valence-corrected chi connectivity index (χ0v) is 12.5. The van der Waals surface area contributed by atoms with Gasteiger partial charge >= 0.3 is 0 Å². The maximum absolute atomic E-state index is 13.7. The lowest BCUT2D eigenvalue weighted by Crippen LogP contribution is -2.27. The molecule has 1 heterocycles. The molecule has 0 spiro atoms. The average molecular weight is 290 g/mol. The van der Waals surface area contributed by atoms with Crippen LogP contribution in [0.5, 0.6) is 0 Å². The molecule has 0 aliphatic rings. The summed E-state index contributed by atoms with van der Waals surface area (Å²) in [4.78, 5) is 20.9. The van der Waals surface area contributed by atoms with Gasteiger partial charge in [-0.15, -0.1) is 0 Å². The van der Waals surface area contributed by atoms with Crippen LogP contribution in [0, 0.1) is 19.7 Å². The molecule has 0 saturated heterocycles. The number of amides is 1. The van der Waals surface area contributed by atoms with E-state index in [0.717, 1.165) is 24.4 Å². The number of nitrogens with zero attached hydrogens (tertiary/aromatic N) is 2. The first-order valence-electron chi connectivity index (χ1n) is 6.90. The Labute approximate surface area is 123 Å². The number of hydrogen-bond donors (Lipinski definition) is 2. The highest BCUT2D eigenvalue weighted by Crippen LogP contribution is 2.19. The normalized spacial score (nSPS) is 10.9. The molecule has 21 heavy (non-hydrogen) atoms. The minimum atomic E-state index is -0.486. The summed E-state index contributed by atoms with van der Waals surface area (Å²) in [6, 6.07) is 2.51. The molecule has 1 aromatic carbocycles. The van der Waals surface area contributed by atoms with Crippen LogP contribution in [0.3, 0.4) is 0 Å². The van der Waals surface area contributed by atoms with Gasteiger partial charge in [0, 0.05) is 12.6 Å². The molecule has 1 amide bonds. The molecule has 0 atom stereocenters. The van der Waals surface area contributed by atoms with Crippen LogP contribution in [0.1, 0.15) is 28.2 Å². The number of carbonyl (C=O) groups is 1. The van der Waals surface area contributed by atoms with E-state index in [4.69, 9.17) is 0 Å². The third-order valence-corrected chi connectivity index (χ3v) is 3.28. The van der Waals surface area contributed by atoms with Crippen molar-refractivity contribution in [1.82, 2.24) is 20.6 Å². The Hall–Kier alpha value is -2.08. The lowest BCUT2D eigenvalue weighted by Gasteiger charge is -2.09. The lowest BCUT2D eigenvalue weighted by molar-refractivity contribution is 0.0954. The van der Waals surface area contributed by atoms with Gasteiger partial charge in [0.15, 0.2) is 0 Å². The van der Waals surface area contributed by atoms with Crippen molar-refractivity contribution in [3.63, 3.8) is 0 Å². The molecule has 2 rings (SSSR count). The molecule has 5 nitrogen and oxygen atoms in total. The fourth-order valence-corrected chi connectivity index (χ4v) is 2.03. The first-order chi connectivity index (χ1) is 10.0. The molecular weight excluding hydrogens is 271 g/mol. The van der Waals surface area contributed by atoms with Crippen molar-refractivity contribution in [3.8, 4) is 0 Å². The number of benzene rings is 1. The van der Waals surface area contributed by atoms with E-state index >= 15 is 0 Å². The first kappa shape index (κ1) is 15.3. The molecule has 112 valence electrons. The Bertz CT molecular complexity index is 672. The zero-order valence-electron chi connectivity index (χ0n) is 12.5. The van der Waals surface area contributed by atoms with Crippen LogP contribution in [0.2, 0.25) is 0 Å². The van der Waals surface area contributed by atoms with Gasteiger partial charge in [-0.25, -0.2) is 14.4 Å². The molecular formula is C15H19FN4O. The smallest absolute Gasteiger partial charge is 0.253 e. The summed E-state index contributed by atoms with van der Waals surface area (Å²) in [5, 5.41) is 5.77. The van der Waals surface area contributed by atoms with E-state index in [1.165, 1.54) is 12.1 Å². The average Bonchev–Trinajstić information content (AvgIpc) is 2.44. The number of fused-ring (bicyclic) bond motifs is 1. The van der Waals surface area contributed by atoms with Gasteiger partial charge in [0.05, 0.1) is 22.5 Å².